The molecule has 0 radical (unpaired) electrons. The van der Waals surface area contributed by atoms with Crippen LogP contribution in [0.2, 0.25) is 0 Å². The van der Waals surface area contributed by atoms with Crippen LogP contribution in [0.4, 0.5) is 8.78 Å². The van der Waals surface area contributed by atoms with Crippen LogP contribution in [0.25, 0.3) is 11.0 Å². The van der Waals surface area contributed by atoms with Gasteiger partial charge in [0.05, 0.1) is 6.42 Å². The molecule has 1 aliphatic carbocycles. The van der Waals surface area contributed by atoms with Crippen molar-refractivity contribution in [2.24, 2.45) is 5.92 Å². The number of hydrogen-bond acceptors (Lipinski definition) is 2. The fourth-order valence-electron chi connectivity index (χ4n) is 2.71. The van der Waals surface area contributed by atoms with Crippen molar-refractivity contribution in [3.63, 3.8) is 0 Å². The summed E-state index contributed by atoms with van der Waals surface area (Å²) in [4.78, 5) is 12.0. The van der Waals surface area contributed by atoms with Gasteiger partial charge in [-0.3, -0.25) is 4.79 Å². The molecule has 1 heterocycles. The third kappa shape index (κ3) is 2.77. The van der Waals surface area contributed by atoms with Crippen molar-refractivity contribution in [2.75, 3.05) is 0 Å². The van der Waals surface area contributed by atoms with Crippen molar-refractivity contribution in [3.05, 3.63) is 35.6 Å². The first-order valence-electron chi connectivity index (χ1n) is 7.17. The summed E-state index contributed by atoms with van der Waals surface area (Å²) in [5, 5.41) is 3.60. The summed E-state index contributed by atoms with van der Waals surface area (Å²) >= 11 is 0. The average molecular weight is 293 g/mol. The number of benzene rings is 1. The minimum absolute atomic E-state index is 0.173. The molecule has 0 bridgehead atoms. The van der Waals surface area contributed by atoms with E-state index in [9.17, 15) is 13.6 Å². The maximum atomic E-state index is 12.5. The highest BCUT2D eigenvalue weighted by molar-refractivity contribution is 5.88. The van der Waals surface area contributed by atoms with Crippen LogP contribution in [-0.4, -0.2) is 18.4 Å². The van der Waals surface area contributed by atoms with Gasteiger partial charge in [-0.1, -0.05) is 25.1 Å². The van der Waals surface area contributed by atoms with Crippen molar-refractivity contribution in [1.82, 2.24) is 5.32 Å². The quantitative estimate of drug-likeness (QED) is 0.919. The normalized spacial score (nSPS) is 21.0. The van der Waals surface area contributed by atoms with E-state index in [0.29, 0.717) is 12.8 Å². The maximum absolute atomic E-state index is 12.5. The summed E-state index contributed by atoms with van der Waals surface area (Å²) in [5.74, 6) is -0.113. The molecule has 3 rings (SSSR count). The molecule has 5 heteroatoms. The van der Waals surface area contributed by atoms with Gasteiger partial charge in [-0.15, -0.1) is 0 Å². The summed E-state index contributed by atoms with van der Waals surface area (Å²) in [6.07, 6.45) is -1.11. The summed E-state index contributed by atoms with van der Waals surface area (Å²) in [6.45, 7) is 1.97. The zero-order valence-electron chi connectivity index (χ0n) is 11.7. The van der Waals surface area contributed by atoms with Crippen molar-refractivity contribution in [2.45, 2.75) is 38.7 Å². The van der Waals surface area contributed by atoms with Gasteiger partial charge in [-0.25, -0.2) is 8.78 Å². The summed E-state index contributed by atoms with van der Waals surface area (Å²) in [7, 11) is 0. The molecule has 2 atom stereocenters. The van der Waals surface area contributed by atoms with E-state index < -0.39 is 12.3 Å². The van der Waals surface area contributed by atoms with Gasteiger partial charge in [0.1, 0.15) is 11.3 Å². The number of para-hydroxylation sites is 1. The fraction of sp³-hybridized carbons (Fsp3) is 0.438. The molecule has 0 aliphatic heterocycles. The molecule has 0 unspecified atom stereocenters. The Labute approximate surface area is 121 Å². The maximum Gasteiger partial charge on any atom is 0.243 e. The second-order valence-corrected chi connectivity index (χ2v) is 5.44. The Morgan fingerprint density at radius 1 is 1.43 bits per heavy atom. The van der Waals surface area contributed by atoms with Crippen molar-refractivity contribution < 1.29 is 18.0 Å². The summed E-state index contributed by atoms with van der Waals surface area (Å²) in [5.41, 5.74) is 1.62. The zero-order chi connectivity index (χ0) is 15.0. The number of halogens is 2. The number of amides is 1. The number of aryl methyl sites for hydroxylation is 1. The van der Waals surface area contributed by atoms with E-state index in [1.54, 1.807) is 0 Å². The number of carbonyl (C=O) groups is 1. The Balaban J connectivity index is 1.74. The number of furan rings is 1. The number of rotatable bonds is 5. The highest BCUT2D eigenvalue weighted by Crippen LogP contribution is 2.36. The largest absolute Gasteiger partial charge is 0.461 e. The Morgan fingerprint density at radius 2 is 2.19 bits per heavy atom. The van der Waals surface area contributed by atoms with Crippen molar-refractivity contribution in [3.8, 4) is 0 Å². The Kier molecular flexibility index (Phi) is 3.66. The molecular formula is C16H17F2NO2. The Morgan fingerprint density at radius 3 is 2.86 bits per heavy atom. The Hall–Kier alpha value is -1.91. The molecule has 1 fully saturated rings. The minimum atomic E-state index is -2.35. The Bertz CT molecular complexity index is 665. The lowest BCUT2D eigenvalue weighted by Gasteiger charge is -2.05. The van der Waals surface area contributed by atoms with E-state index in [2.05, 4.69) is 5.32 Å². The van der Waals surface area contributed by atoms with Crippen LogP contribution in [0.3, 0.4) is 0 Å². The molecule has 0 saturated heterocycles. The smallest absolute Gasteiger partial charge is 0.243 e. The number of fused-ring (bicyclic) bond motifs is 1. The molecule has 1 N–H and O–H groups in total. The summed E-state index contributed by atoms with van der Waals surface area (Å²) < 4.78 is 30.6. The van der Waals surface area contributed by atoms with Crippen LogP contribution < -0.4 is 5.32 Å². The lowest BCUT2D eigenvalue weighted by atomic mass is 10.1. The number of carbonyl (C=O) groups excluding carboxylic acids is 1. The number of nitrogens with one attached hydrogen (secondary N) is 1. The standard InChI is InChI=1S/C16H17F2NO2/c1-2-13-10(9-5-3-4-6-14(9)21-13)8-15(20)19-12-7-11(12)16(17)18/h3-6,11-12,16H,2,7-8H2,1H3,(H,19,20)/t11-,12-/m0/s1. The van der Waals surface area contributed by atoms with Crippen LogP contribution in [0.1, 0.15) is 24.7 Å². The molecule has 0 spiro atoms. The average Bonchev–Trinajstić information content (AvgIpc) is 3.14. The van der Waals surface area contributed by atoms with E-state index in [0.717, 1.165) is 22.3 Å². The van der Waals surface area contributed by atoms with E-state index in [1.807, 2.05) is 31.2 Å². The van der Waals surface area contributed by atoms with Gasteiger partial charge >= 0.3 is 0 Å². The van der Waals surface area contributed by atoms with Gasteiger partial charge in [0.2, 0.25) is 12.3 Å². The van der Waals surface area contributed by atoms with Gasteiger partial charge in [-0.05, 0) is 12.5 Å². The lowest BCUT2D eigenvalue weighted by molar-refractivity contribution is -0.120. The highest BCUT2D eigenvalue weighted by atomic mass is 19.3. The van der Waals surface area contributed by atoms with E-state index >= 15 is 0 Å². The van der Waals surface area contributed by atoms with Crippen LogP contribution in [-0.2, 0) is 17.6 Å². The molecule has 2 aromatic rings. The van der Waals surface area contributed by atoms with E-state index in [4.69, 9.17) is 4.42 Å². The van der Waals surface area contributed by atoms with Gasteiger partial charge in [0, 0.05) is 29.3 Å². The lowest BCUT2D eigenvalue weighted by Crippen LogP contribution is -2.29. The van der Waals surface area contributed by atoms with Crippen molar-refractivity contribution >= 4 is 16.9 Å². The third-order valence-electron chi connectivity index (χ3n) is 3.95. The molecule has 112 valence electrons. The SMILES string of the molecule is CCc1oc2ccccc2c1CC(=O)N[C@H]1C[C@@H]1C(F)F. The summed E-state index contributed by atoms with van der Waals surface area (Å²) in [6, 6.07) is 7.18. The monoisotopic (exact) mass is 293 g/mol. The number of alkyl halides is 2. The van der Waals surface area contributed by atoms with Crippen LogP contribution in [0, 0.1) is 5.92 Å². The van der Waals surface area contributed by atoms with Crippen LogP contribution in [0.15, 0.2) is 28.7 Å². The highest BCUT2D eigenvalue weighted by Gasteiger charge is 2.45. The molecule has 1 aromatic heterocycles. The third-order valence-corrected chi connectivity index (χ3v) is 3.95. The molecule has 1 saturated carbocycles. The first-order valence-corrected chi connectivity index (χ1v) is 7.17. The zero-order valence-corrected chi connectivity index (χ0v) is 11.7. The van der Waals surface area contributed by atoms with Gasteiger partial charge in [0.15, 0.2) is 0 Å². The van der Waals surface area contributed by atoms with Gasteiger partial charge < -0.3 is 9.73 Å². The fourth-order valence-corrected chi connectivity index (χ4v) is 2.71. The minimum Gasteiger partial charge on any atom is -0.461 e. The van der Waals surface area contributed by atoms with Crippen molar-refractivity contribution in [1.29, 1.82) is 0 Å². The first-order chi connectivity index (χ1) is 10.1. The second-order valence-electron chi connectivity index (χ2n) is 5.44. The second kappa shape index (κ2) is 5.47. The van der Waals surface area contributed by atoms with Crippen LogP contribution >= 0.6 is 0 Å². The van der Waals surface area contributed by atoms with E-state index in [-0.39, 0.29) is 18.4 Å². The number of hydrogen-bond donors (Lipinski definition) is 1. The molecule has 1 aromatic carbocycles. The van der Waals surface area contributed by atoms with Gasteiger partial charge in [0.25, 0.3) is 0 Å². The topological polar surface area (TPSA) is 42.2 Å². The molecular weight excluding hydrogens is 276 g/mol. The predicted molar refractivity (Wildman–Crippen MR) is 75.3 cm³/mol. The molecule has 1 aliphatic rings. The van der Waals surface area contributed by atoms with Crippen LogP contribution in [0.5, 0.6) is 0 Å². The molecule has 3 nitrogen and oxygen atoms in total. The van der Waals surface area contributed by atoms with E-state index in [1.165, 1.54) is 0 Å². The molecule has 21 heavy (non-hydrogen) atoms. The predicted octanol–water partition coefficient (Wildman–Crippen LogP) is 3.31. The first kappa shape index (κ1) is 14.0. The van der Waals surface area contributed by atoms with Gasteiger partial charge in [-0.2, -0.15) is 0 Å². The molecule has 1 amide bonds.